The average Bonchev–Trinajstić information content (AvgIpc) is 3.05. The minimum absolute atomic E-state index is 0.0215. The number of ether oxygens (including phenoxy) is 1. The number of amides is 1. The molecule has 1 atom stereocenters. The number of benzene rings is 2. The van der Waals surface area contributed by atoms with Crippen LogP contribution in [-0.4, -0.2) is 28.6 Å². The van der Waals surface area contributed by atoms with Gasteiger partial charge in [-0.2, -0.15) is 0 Å². The topological polar surface area (TPSA) is 56.1 Å². The smallest absolute Gasteiger partial charge is 0.216 e. The quantitative estimate of drug-likeness (QED) is 0.603. The summed E-state index contributed by atoms with van der Waals surface area (Å²) >= 11 is 0. The zero-order valence-corrected chi connectivity index (χ0v) is 16.9. The van der Waals surface area contributed by atoms with Crippen molar-refractivity contribution in [3.63, 3.8) is 0 Å². The number of rotatable bonds is 9. The summed E-state index contributed by atoms with van der Waals surface area (Å²) in [5.74, 6) is 2.39. The Labute approximate surface area is 166 Å². The van der Waals surface area contributed by atoms with Gasteiger partial charge in [0, 0.05) is 19.9 Å². The van der Waals surface area contributed by atoms with Crippen molar-refractivity contribution >= 4 is 16.9 Å². The number of carbonyl (C=O) groups is 1. The normalized spacial score (nSPS) is 12.1. The van der Waals surface area contributed by atoms with Gasteiger partial charge in [-0.15, -0.1) is 0 Å². The molecule has 0 aliphatic carbocycles. The van der Waals surface area contributed by atoms with Crippen molar-refractivity contribution < 1.29 is 9.53 Å². The van der Waals surface area contributed by atoms with Crippen molar-refractivity contribution in [1.29, 1.82) is 0 Å². The Hall–Kier alpha value is -2.82. The fraction of sp³-hybridized carbons (Fsp3) is 0.391. The molecule has 2 aromatic carbocycles. The third kappa shape index (κ3) is 4.91. The second-order valence-electron chi connectivity index (χ2n) is 7.13. The zero-order chi connectivity index (χ0) is 19.9. The van der Waals surface area contributed by atoms with E-state index in [1.807, 2.05) is 30.3 Å². The number of nitrogens with one attached hydrogen (secondary N) is 1. The summed E-state index contributed by atoms with van der Waals surface area (Å²) in [4.78, 5) is 15.9. The highest BCUT2D eigenvalue weighted by Crippen LogP contribution is 2.22. The lowest BCUT2D eigenvalue weighted by Gasteiger charge is -2.13. The van der Waals surface area contributed by atoms with E-state index in [-0.39, 0.29) is 5.91 Å². The molecular formula is C23H29N3O2. The van der Waals surface area contributed by atoms with E-state index in [4.69, 9.17) is 9.72 Å². The molecule has 1 unspecified atom stereocenters. The third-order valence-corrected chi connectivity index (χ3v) is 5.10. The number of aromatic nitrogens is 2. The molecule has 0 saturated carbocycles. The van der Waals surface area contributed by atoms with Gasteiger partial charge in [0.2, 0.25) is 5.91 Å². The monoisotopic (exact) mass is 379 g/mol. The Bertz CT molecular complexity index is 915. The molecule has 0 radical (unpaired) electrons. The van der Waals surface area contributed by atoms with Crippen molar-refractivity contribution in [2.75, 3.05) is 13.2 Å². The van der Waals surface area contributed by atoms with Gasteiger partial charge in [-0.3, -0.25) is 4.79 Å². The van der Waals surface area contributed by atoms with Crippen LogP contribution in [0.1, 0.15) is 44.5 Å². The van der Waals surface area contributed by atoms with Gasteiger partial charge in [0.1, 0.15) is 18.2 Å². The van der Waals surface area contributed by atoms with Crippen LogP contribution >= 0.6 is 0 Å². The summed E-state index contributed by atoms with van der Waals surface area (Å²) in [6.07, 6.45) is 1.83. The molecule has 5 heteroatoms. The molecule has 0 bridgehead atoms. The Morgan fingerprint density at radius 1 is 1.18 bits per heavy atom. The first-order chi connectivity index (χ1) is 13.6. The van der Waals surface area contributed by atoms with Crippen LogP contribution in [0.3, 0.4) is 0 Å². The number of para-hydroxylation sites is 2. The molecule has 0 saturated heterocycles. The first-order valence-electron chi connectivity index (χ1n) is 9.99. The fourth-order valence-electron chi connectivity index (χ4n) is 3.30. The van der Waals surface area contributed by atoms with Gasteiger partial charge >= 0.3 is 0 Å². The Kier molecular flexibility index (Phi) is 6.69. The van der Waals surface area contributed by atoms with Gasteiger partial charge in [-0.05, 0) is 42.2 Å². The molecule has 1 N–H and O–H groups in total. The number of nitrogens with zero attached hydrogens (tertiary/aromatic N) is 2. The number of fused-ring (bicyclic) bond motifs is 1. The summed E-state index contributed by atoms with van der Waals surface area (Å²) in [6, 6.07) is 16.5. The highest BCUT2D eigenvalue weighted by atomic mass is 16.5. The van der Waals surface area contributed by atoms with Crippen molar-refractivity contribution in [1.82, 2.24) is 14.9 Å². The number of carbonyl (C=O) groups excluding carboxylic acids is 1. The van der Waals surface area contributed by atoms with Crippen LogP contribution < -0.4 is 10.1 Å². The molecular weight excluding hydrogens is 350 g/mol. The van der Waals surface area contributed by atoms with Crippen LogP contribution in [0.15, 0.2) is 48.5 Å². The van der Waals surface area contributed by atoms with Crippen LogP contribution in [-0.2, 0) is 17.8 Å². The predicted molar refractivity (Wildman–Crippen MR) is 113 cm³/mol. The van der Waals surface area contributed by atoms with Gasteiger partial charge in [-0.1, -0.05) is 38.1 Å². The van der Waals surface area contributed by atoms with E-state index in [9.17, 15) is 4.79 Å². The molecule has 28 heavy (non-hydrogen) atoms. The minimum Gasteiger partial charge on any atom is -0.492 e. The third-order valence-electron chi connectivity index (χ3n) is 5.10. The van der Waals surface area contributed by atoms with E-state index in [0.717, 1.165) is 29.0 Å². The SMILES string of the molecule is CCC(C)c1ccc(OCCn2c(CCNC(C)=O)nc3ccccc32)cc1. The summed E-state index contributed by atoms with van der Waals surface area (Å²) in [6.45, 7) is 7.83. The van der Waals surface area contributed by atoms with Crippen molar-refractivity contribution in [2.24, 2.45) is 0 Å². The van der Waals surface area contributed by atoms with Gasteiger partial charge in [0.05, 0.1) is 17.6 Å². The van der Waals surface area contributed by atoms with Crippen LogP contribution in [0.4, 0.5) is 0 Å². The molecule has 1 amide bonds. The zero-order valence-electron chi connectivity index (χ0n) is 16.9. The first-order valence-corrected chi connectivity index (χ1v) is 9.99. The molecule has 148 valence electrons. The molecule has 0 spiro atoms. The summed E-state index contributed by atoms with van der Waals surface area (Å²) in [5, 5.41) is 2.84. The molecule has 1 aromatic heterocycles. The van der Waals surface area contributed by atoms with Crippen molar-refractivity contribution in [3.05, 3.63) is 59.9 Å². The molecule has 3 aromatic rings. The van der Waals surface area contributed by atoms with E-state index in [0.29, 0.717) is 32.0 Å². The second-order valence-corrected chi connectivity index (χ2v) is 7.13. The highest BCUT2D eigenvalue weighted by Gasteiger charge is 2.11. The number of imidazole rings is 1. The molecule has 0 aliphatic heterocycles. The Balaban J connectivity index is 1.66. The predicted octanol–water partition coefficient (Wildman–Crippen LogP) is 4.31. The second kappa shape index (κ2) is 9.40. The van der Waals surface area contributed by atoms with Crippen molar-refractivity contribution in [2.45, 2.75) is 46.1 Å². The summed E-state index contributed by atoms with van der Waals surface area (Å²) in [5.41, 5.74) is 3.41. The Morgan fingerprint density at radius 2 is 1.93 bits per heavy atom. The summed E-state index contributed by atoms with van der Waals surface area (Å²) < 4.78 is 8.16. The van der Waals surface area contributed by atoms with Gasteiger partial charge in [0.25, 0.3) is 0 Å². The van der Waals surface area contributed by atoms with Crippen LogP contribution in [0.2, 0.25) is 0 Å². The highest BCUT2D eigenvalue weighted by molar-refractivity contribution is 5.76. The lowest BCUT2D eigenvalue weighted by atomic mass is 9.99. The van der Waals surface area contributed by atoms with Gasteiger partial charge in [0.15, 0.2) is 0 Å². The summed E-state index contributed by atoms with van der Waals surface area (Å²) in [7, 11) is 0. The van der Waals surface area contributed by atoms with Gasteiger partial charge < -0.3 is 14.6 Å². The van der Waals surface area contributed by atoms with E-state index < -0.39 is 0 Å². The lowest BCUT2D eigenvalue weighted by molar-refractivity contribution is -0.118. The standard InChI is InChI=1S/C23H29N3O2/c1-4-17(2)19-9-11-20(12-10-19)28-16-15-26-22-8-6-5-7-21(22)25-23(26)13-14-24-18(3)27/h5-12,17H,4,13-16H2,1-3H3,(H,24,27). The van der Waals surface area contributed by atoms with Crippen LogP contribution in [0.5, 0.6) is 5.75 Å². The minimum atomic E-state index is -0.0215. The largest absolute Gasteiger partial charge is 0.492 e. The van der Waals surface area contributed by atoms with Crippen molar-refractivity contribution in [3.8, 4) is 5.75 Å². The number of hydrogen-bond acceptors (Lipinski definition) is 3. The molecule has 0 fully saturated rings. The average molecular weight is 380 g/mol. The van der Waals surface area contributed by atoms with E-state index >= 15 is 0 Å². The molecule has 0 aliphatic rings. The maximum Gasteiger partial charge on any atom is 0.216 e. The van der Waals surface area contributed by atoms with E-state index in [2.05, 4.69) is 41.9 Å². The fourth-order valence-corrected chi connectivity index (χ4v) is 3.30. The maximum absolute atomic E-state index is 11.1. The molecule has 5 nitrogen and oxygen atoms in total. The van der Waals surface area contributed by atoms with Crippen LogP contribution in [0.25, 0.3) is 11.0 Å². The van der Waals surface area contributed by atoms with E-state index in [1.165, 1.54) is 12.5 Å². The van der Waals surface area contributed by atoms with E-state index in [1.54, 1.807) is 0 Å². The number of hydrogen-bond donors (Lipinski definition) is 1. The lowest BCUT2D eigenvalue weighted by Crippen LogP contribution is -2.24. The molecule has 1 heterocycles. The maximum atomic E-state index is 11.1. The molecule has 3 rings (SSSR count). The Morgan fingerprint density at radius 3 is 2.64 bits per heavy atom. The first kappa shape index (κ1) is 19.9. The van der Waals surface area contributed by atoms with Gasteiger partial charge in [-0.25, -0.2) is 4.98 Å². The van der Waals surface area contributed by atoms with Crippen LogP contribution in [0, 0.1) is 0 Å².